The van der Waals surface area contributed by atoms with E-state index >= 15 is 0 Å². The van der Waals surface area contributed by atoms with Crippen LogP contribution in [0.25, 0.3) is 0 Å². The minimum absolute atomic E-state index is 0.0417. The minimum Gasteiger partial charge on any atom is -0.508 e. The van der Waals surface area contributed by atoms with Gasteiger partial charge in [-0.2, -0.15) is 13.2 Å². The van der Waals surface area contributed by atoms with Gasteiger partial charge in [-0.15, -0.1) is 0 Å². The maximum atomic E-state index is 13.8. The van der Waals surface area contributed by atoms with Gasteiger partial charge in [0.1, 0.15) is 11.7 Å². The molecule has 28 heavy (non-hydrogen) atoms. The fourth-order valence-electron chi connectivity index (χ4n) is 3.20. The van der Waals surface area contributed by atoms with Gasteiger partial charge >= 0.3 is 12.2 Å². The molecule has 2 aromatic carbocycles. The number of nitrogens with one attached hydrogen (secondary N) is 2. The van der Waals surface area contributed by atoms with E-state index < -0.39 is 35.7 Å². The first kappa shape index (κ1) is 19.7. The largest absolute Gasteiger partial charge is 0.508 e. The van der Waals surface area contributed by atoms with Gasteiger partial charge in [-0.25, -0.2) is 4.79 Å². The van der Waals surface area contributed by atoms with Gasteiger partial charge in [-0.05, 0) is 24.6 Å². The van der Waals surface area contributed by atoms with Crippen molar-refractivity contribution in [3.8, 4) is 5.75 Å². The van der Waals surface area contributed by atoms with Crippen molar-refractivity contribution in [2.45, 2.75) is 24.9 Å². The molecule has 3 rings (SSSR count). The summed E-state index contributed by atoms with van der Waals surface area (Å²) in [5.74, 6) is -3.24. The number of aliphatic hydroxyl groups is 1. The smallest absolute Gasteiger partial charge is 0.437 e. The highest BCUT2D eigenvalue weighted by Gasteiger charge is 2.66. The standard InChI is InChI=1S/C19H17F3N2O4/c1-10-2-4-12(5-3-10)16(26)14-15(11-6-8-13(25)9-7-11)23-17(27)24-18(14,28)19(20,21)22/h2-9,14-15,25,28H,1H3,(H2,23,24,27)/t14-,15+,18+/m1/s1. The number of phenolic OH excluding ortho intramolecular Hbond substituents is 1. The molecular weight excluding hydrogens is 377 g/mol. The number of ketones is 1. The number of rotatable bonds is 3. The van der Waals surface area contributed by atoms with Gasteiger partial charge < -0.3 is 20.8 Å². The van der Waals surface area contributed by atoms with Crippen LogP contribution in [-0.4, -0.2) is 33.9 Å². The second kappa shape index (κ2) is 6.83. The first-order chi connectivity index (χ1) is 13.0. The van der Waals surface area contributed by atoms with Crippen LogP contribution in [0.5, 0.6) is 5.75 Å². The summed E-state index contributed by atoms with van der Waals surface area (Å²) in [6.45, 7) is 1.75. The highest BCUT2D eigenvalue weighted by atomic mass is 19.4. The molecule has 0 saturated carbocycles. The Morgan fingerprint density at radius 2 is 1.64 bits per heavy atom. The second-order valence-corrected chi connectivity index (χ2v) is 6.64. The van der Waals surface area contributed by atoms with E-state index in [0.29, 0.717) is 0 Å². The summed E-state index contributed by atoms with van der Waals surface area (Å²) in [6, 6.07) is 8.06. The number of Topliss-reactive ketones (excluding diaryl/α,β-unsaturated/α-hetero) is 1. The first-order valence-electron chi connectivity index (χ1n) is 8.30. The predicted molar refractivity (Wildman–Crippen MR) is 92.5 cm³/mol. The van der Waals surface area contributed by atoms with Gasteiger partial charge in [0.25, 0.3) is 0 Å². The highest BCUT2D eigenvalue weighted by molar-refractivity contribution is 6.00. The van der Waals surface area contributed by atoms with Crippen LogP contribution in [0, 0.1) is 12.8 Å². The van der Waals surface area contributed by atoms with Crippen LogP contribution in [0.4, 0.5) is 18.0 Å². The lowest BCUT2D eigenvalue weighted by molar-refractivity contribution is -0.287. The fraction of sp³-hybridized carbons (Fsp3) is 0.263. The zero-order chi connectivity index (χ0) is 20.7. The molecule has 2 amide bonds. The van der Waals surface area contributed by atoms with Crippen LogP contribution in [0.3, 0.4) is 0 Å². The van der Waals surface area contributed by atoms with E-state index in [2.05, 4.69) is 5.32 Å². The quantitative estimate of drug-likeness (QED) is 0.602. The molecule has 0 bridgehead atoms. The molecule has 6 nitrogen and oxygen atoms in total. The molecular formula is C19H17F3N2O4. The van der Waals surface area contributed by atoms with E-state index in [4.69, 9.17) is 0 Å². The molecule has 0 aromatic heterocycles. The topological polar surface area (TPSA) is 98.7 Å². The Bertz CT molecular complexity index is 897. The number of alkyl halides is 3. The molecule has 0 aliphatic carbocycles. The number of urea groups is 1. The lowest BCUT2D eigenvalue weighted by Crippen LogP contribution is -2.72. The normalized spacial score (nSPS) is 25.0. The minimum atomic E-state index is -5.31. The Labute approximate surface area is 158 Å². The van der Waals surface area contributed by atoms with Gasteiger partial charge in [0, 0.05) is 5.56 Å². The predicted octanol–water partition coefficient (Wildman–Crippen LogP) is 2.80. The second-order valence-electron chi connectivity index (χ2n) is 6.64. The Kier molecular flexibility index (Phi) is 4.80. The van der Waals surface area contributed by atoms with Crippen molar-refractivity contribution >= 4 is 11.8 Å². The number of amides is 2. The van der Waals surface area contributed by atoms with Crippen molar-refractivity contribution in [1.29, 1.82) is 0 Å². The summed E-state index contributed by atoms with van der Waals surface area (Å²) in [5.41, 5.74) is -2.89. The van der Waals surface area contributed by atoms with Crippen LogP contribution in [0.1, 0.15) is 27.5 Å². The number of halogens is 3. The summed E-state index contributed by atoms with van der Waals surface area (Å²) >= 11 is 0. The summed E-state index contributed by atoms with van der Waals surface area (Å²) in [7, 11) is 0. The average molecular weight is 394 g/mol. The molecule has 0 spiro atoms. The molecule has 1 aliphatic rings. The number of aryl methyl sites for hydroxylation is 1. The molecule has 148 valence electrons. The first-order valence-corrected chi connectivity index (χ1v) is 8.30. The molecule has 1 saturated heterocycles. The maximum absolute atomic E-state index is 13.8. The lowest BCUT2D eigenvalue weighted by Gasteiger charge is -2.45. The van der Waals surface area contributed by atoms with Crippen LogP contribution in [0.2, 0.25) is 0 Å². The average Bonchev–Trinajstić information content (AvgIpc) is 2.61. The molecule has 0 radical (unpaired) electrons. The third kappa shape index (κ3) is 3.40. The number of carbonyl (C=O) groups excluding carboxylic acids is 2. The maximum Gasteiger partial charge on any atom is 0.437 e. The molecule has 0 unspecified atom stereocenters. The third-order valence-corrected chi connectivity index (χ3v) is 4.68. The fourth-order valence-corrected chi connectivity index (χ4v) is 3.20. The molecule has 3 atom stereocenters. The Morgan fingerprint density at radius 3 is 2.18 bits per heavy atom. The summed E-state index contributed by atoms with van der Waals surface area (Å²) in [6.07, 6.45) is -5.31. The third-order valence-electron chi connectivity index (χ3n) is 4.68. The number of benzene rings is 2. The van der Waals surface area contributed by atoms with Gasteiger partial charge in [0.2, 0.25) is 5.72 Å². The summed E-state index contributed by atoms with van der Waals surface area (Å²) in [4.78, 5) is 24.9. The van der Waals surface area contributed by atoms with E-state index in [1.54, 1.807) is 19.1 Å². The summed E-state index contributed by atoms with van der Waals surface area (Å²) in [5, 5.41) is 23.6. The van der Waals surface area contributed by atoms with Crippen LogP contribution < -0.4 is 10.6 Å². The van der Waals surface area contributed by atoms with Crippen molar-refractivity contribution in [2.75, 3.05) is 0 Å². The molecule has 1 fully saturated rings. The molecule has 9 heteroatoms. The van der Waals surface area contributed by atoms with E-state index in [9.17, 15) is 33.0 Å². The molecule has 1 heterocycles. The Morgan fingerprint density at radius 1 is 1.07 bits per heavy atom. The van der Waals surface area contributed by atoms with Gasteiger partial charge in [0.15, 0.2) is 5.78 Å². The van der Waals surface area contributed by atoms with E-state index in [0.717, 1.165) is 5.56 Å². The number of hydrogen-bond acceptors (Lipinski definition) is 4. The molecule has 1 aliphatic heterocycles. The number of aromatic hydroxyl groups is 1. The number of phenols is 1. The van der Waals surface area contributed by atoms with Crippen LogP contribution in [0.15, 0.2) is 48.5 Å². The molecule has 4 N–H and O–H groups in total. The van der Waals surface area contributed by atoms with E-state index in [-0.39, 0.29) is 16.9 Å². The Hall–Kier alpha value is -3.07. The summed E-state index contributed by atoms with van der Waals surface area (Å²) < 4.78 is 41.3. The van der Waals surface area contributed by atoms with E-state index in [1.807, 2.05) is 0 Å². The van der Waals surface area contributed by atoms with Crippen molar-refractivity contribution in [2.24, 2.45) is 5.92 Å². The number of carbonyl (C=O) groups is 2. The monoisotopic (exact) mass is 394 g/mol. The SMILES string of the molecule is Cc1ccc(C(=O)[C@H]2[C@H](c3ccc(O)cc3)NC(=O)N[C@@]2(O)C(F)(F)F)cc1. The van der Waals surface area contributed by atoms with Crippen molar-refractivity contribution in [3.05, 3.63) is 65.2 Å². The Balaban J connectivity index is 2.15. The van der Waals surface area contributed by atoms with Gasteiger partial charge in [0.05, 0.1) is 6.04 Å². The lowest BCUT2D eigenvalue weighted by atomic mass is 9.77. The van der Waals surface area contributed by atoms with Gasteiger partial charge in [-0.3, -0.25) is 4.79 Å². The van der Waals surface area contributed by atoms with Crippen molar-refractivity contribution in [3.63, 3.8) is 0 Å². The van der Waals surface area contributed by atoms with Crippen LogP contribution in [-0.2, 0) is 0 Å². The zero-order valence-corrected chi connectivity index (χ0v) is 14.6. The number of hydrogen-bond donors (Lipinski definition) is 4. The molecule has 2 aromatic rings. The van der Waals surface area contributed by atoms with Crippen molar-refractivity contribution < 1.29 is 33.0 Å². The zero-order valence-electron chi connectivity index (χ0n) is 14.6. The van der Waals surface area contributed by atoms with Crippen molar-refractivity contribution in [1.82, 2.24) is 10.6 Å². The van der Waals surface area contributed by atoms with Gasteiger partial charge in [-0.1, -0.05) is 42.0 Å². The van der Waals surface area contributed by atoms with Crippen LogP contribution >= 0.6 is 0 Å². The van der Waals surface area contributed by atoms with E-state index in [1.165, 1.54) is 41.7 Å². The highest BCUT2D eigenvalue weighted by Crippen LogP contribution is 2.44.